The van der Waals surface area contributed by atoms with E-state index in [-0.39, 0.29) is 22.8 Å². The molecule has 2 heterocycles. The topological polar surface area (TPSA) is 133 Å². The van der Waals surface area contributed by atoms with E-state index in [0.717, 1.165) is 0 Å². The van der Waals surface area contributed by atoms with E-state index in [1.165, 1.54) is 17.8 Å². The van der Waals surface area contributed by atoms with Crippen molar-refractivity contribution in [2.75, 3.05) is 16.8 Å². The summed E-state index contributed by atoms with van der Waals surface area (Å²) in [7, 11) is 0. The van der Waals surface area contributed by atoms with Crippen LogP contribution in [0.5, 0.6) is 0 Å². The minimum atomic E-state index is -0.386. The zero-order chi connectivity index (χ0) is 15.4. The number of aromatic nitrogens is 3. The zero-order valence-corrected chi connectivity index (χ0v) is 12.5. The van der Waals surface area contributed by atoms with E-state index in [0.29, 0.717) is 23.2 Å². The van der Waals surface area contributed by atoms with Crippen molar-refractivity contribution in [2.24, 2.45) is 0 Å². The summed E-state index contributed by atoms with van der Waals surface area (Å²) in [6, 6.07) is 3.10. The lowest BCUT2D eigenvalue weighted by molar-refractivity contribution is -0.115. The predicted molar refractivity (Wildman–Crippen MR) is 80.7 cm³/mol. The van der Waals surface area contributed by atoms with E-state index in [1.54, 1.807) is 13.0 Å². The maximum atomic E-state index is 12.2. The molecule has 0 aliphatic rings. The fourth-order valence-corrected chi connectivity index (χ4v) is 2.50. The Labute approximate surface area is 125 Å². The highest BCUT2D eigenvalue weighted by Gasteiger charge is 2.21. The summed E-state index contributed by atoms with van der Waals surface area (Å²) in [6.45, 7) is 3.64. The third-order valence-corrected chi connectivity index (χ3v) is 3.76. The van der Waals surface area contributed by atoms with Gasteiger partial charge in [-0.2, -0.15) is 0 Å². The molecule has 0 aliphatic carbocycles. The van der Waals surface area contributed by atoms with Gasteiger partial charge in [-0.25, -0.2) is 9.97 Å². The van der Waals surface area contributed by atoms with Gasteiger partial charge >= 0.3 is 0 Å². The summed E-state index contributed by atoms with van der Waals surface area (Å²) in [5.41, 5.74) is 11.2. The van der Waals surface area contributed by atoms with Crippen molar-refractivity contribution in [1.82, 2.24) is 15.1 Å². The molecule has 0 spiro atoms. The third-order valence-electron chi connectivity index (χ3n) is 2.54. The lowest BCUT2D eigenvalue weighted by Gasteiger charge is -2.12. The summed E-state index contributed by atoms with van der Waals surface area (Å²) in [5.74, 6) is 1.34. The van der Waals surface area contributed by atoms with Crippen LogP contribution >= 0.6 is 11.8 Å². The molecule has 0 radical (unpaired) electrons. The molecule has 9 heteroatoms. The number of nitrogens with zero attached hydrogens (tertiary/aromatic N) is 3. The highest BCUT2D eigenvalue weighted by molar-refractivity contribution is 8.00. The van der Waals surface area contributed by atoms with Gasteiger partial charge in [0.05, 0.1) is 5.25 Å². The number of rotatable bonds is 5. The molecule has 0 bridgehead atoms. The fourth-order valence-electron chi connectivity index (χ4n) is 1.60. The Balaban J connectivity index is 2.06. The van der Waals surface area contributed by atoms with Crippen LogP contribution in [0.2, 0.25) is 0 Å². The normalized spacial score (nSPS) is 12.1. The van der Waals surface area contributed by atoms with E-state index in [9.17, 15) is 4.79 Å². The molecule has 2 aromatic heterocycles. The summed E-state index contributed by atoms with van der Waals surface area (Å²) < 4.78 is 4.90. The molecule has 5 N–H and O–H groups in total. The molecule has 0 aromatic carbocycles. The molecule has 1 atom stereocenters. The second-order valence-corrected chi connectivity index (χ2v) is 5.50. The van der Waals surface area contributed by atoms with Crippen molar-refractivity contribution < 1.29 is 9.32 Å². The van der Waals surface area contributed by atoms with Gasteiger partial charge in [0.2, 0.25) is 5.91 Å². The van der Waals surface area contributed by atoms with Gasteiger partial charge in [0.1, 0.15) is 17.4 Å². The standard InChI is InChI=1S/C12H16N6O2S/c1-3-7(11(19)17-10-4-6(2)20-18-10)21-12-15-8(13)5-9(14)16-12/h4-5,7H,3H2,1-2H3,(H,17,18,19)(H4,13,14,15,16)/t7-/m0/s1. The first-order valence-electron chi connectivity index (χ1n) is 6.28. The van der Waals surface area contributed by atoms with E-state index in [1.807, 2.05) is 6.92 Å². The Bertz CT molecular complexity index is 624. The van der Waals surface area contributed by atoms with Crippen molar-refractivity contribution in [2.45, 2.75) is 30.7 Å². The van der Waals surface area contributed by atoms with Gasteiger partial charge in [-0.1, -0.05) is 23.8 Å². The second kappa shape index (κ2) is 6.44. The Hall–Kier alpha value is -2.29. The third kappa shape index (κ3) is 4.09. The summed E-state index contributed by atoms with van der Waals surface area (Å²) >= 11 is 1.20. The van der Waals surface area contributed by atoms with Crippen LogP contribution in [0, 0.1) is 6.92 Å². The second-order valence-electron chi connectivity index (χ2n) is 4.33. The highest BCUT2D eigenvalue weighted by Crippen LogP contribution is 2.25. The lowest BCUT2D eigenvalue weighted by Crippen LogP contribution is -2.25. The van der Waals surface area contributed by atoms with Gasteiger partial charge in [-0.05, 0) is 13.3 Å². The molecule has 0 aliphatic heterocycles. The molecule has 21 heavy (non-hydrogen) atoms. The summed E-state index contributed by atoms with van der Waals surface area (Å²) in [5, 5.41) is 6.38. The van der Waals surface area contributed by atoms with Gasteiger partial charge in [0.25, 0.3) is 0 Å². The van der Waals surface area contributed by atoms with Crippen LogP contribution < -0.4 is 16.8 Å². The molecule has 2 rings (SSSR count). The van der Waals surface area contributed by atoms with Crippen LogP contribution in [0.1, 0.15) is 19.1 Å². The van der Waals surface area contributed by atoms with E-state index in [2.05, 4.69) is 20.4 Å². The number of nitrogens with two attached hydrogens (primary N) is 2. The summed E-state index contributed by atoms with van der Waals surface area (Å²) in [4.78, 5) is 20.3. The first-order chi connectivity index (χ1) is 9.97. The fraction of sp³-hybridized carbons (Fsp3) is 0.333. The molecule has 0 saturated heterocycles. The maximum absolute atomic E-state index is 12.2. The number of carbonyl (C=O) groups excluding carboxylic acids is 1. The van der Waals surface area contributed by atoms with Gasteiger partial charge in [-0.15, -0.1) is 0 Å². The van der Waals surface area contributed by atoms with Gasteiger partial charge < -0.3 is 21.3 Å². The number of nitrogens with one attached hydrogen (secondary N) is 1. The quantitative estimate of drug-likeness (QED) is 0.558. The molecule has 1 amide bonds. The smallest absolute Gasteiger partial charge is 0.239 e. The number of thioether (sulfide) groups is 1. The van der Waals surface area contributed by atoms with Crippen LogP contribution in [0.3, 0.4) is 0 Å². The van der Waals surface area contributed by atoms with Crippen molar-refractivity contribution in [3.05, 3.63) is 17.9 Å². The van der Waals surface area contributed by atoms with E-state index < -0.39 is 0 Å². The Morgan fingerprint density at radius 2 is 2.05 bits per heavy atom. The molecule has 0 fully saturated rings. The number of hydrogen-bond donors (Lipinski definition) is 3. The first-order valence-corrected chi connectivity index (χ1v) is 7.16. The van der Waals surface area contributed by atoms with Gasteiger partial charge in [0.15, 0.2) is 11.0 Å². The first kappa shape index (κ1) is 15.1. The van der Waals surface area contributed by atoms with Crippen LogP contribution in [-0.2, 0) is 4.79 Å². The minimum absolute atomic E-state index is 0.208. The predicted octanol–water partition coefficient (Wildman–Crippen LogP) is 1.45. The number of carbonyl (C=O) groups is 1. The molecular weight excluding hydrogens is 292 g/mol. The van der Waals surface area contributed by atoms with Crippen molar-refractivity contribution in [3.63, 3.8) is 0 Å². The SMILES string of the molecule is CC[C@H](Sc1nc(N)cc(N)n1)C(=O)Nc1cc(C)on1. The Morgan fingerprint density at radius 1 is 1.38 bits per heavy atom. The largest absolute Gasteiger partial charge is 0.383 e. The number of hydrogen-bond acceptors (Lipinski definition) is 8. The molecule has 0 saturated carbocycles. The zero-order valence-electron chi connectivity index (χ0n) is 11.7. The number of aryl methyl sites for hydroxylation is 1. The van der Waals surface area contributed by atoms with E-state index in [4.69, 9.17) is 16.0 Å². The Morgan fingerprint density at radius 3 is 2.57 bits per heavy atom. The van der Waals surface area contributed by atoms with Crippen LogP contribution in [0.15, 0.2) is 21.8 Å². The maximum Gasteiger partial charge on any atom is 0.239 e. The number of amides is 1. The van der Waals surface area contributed by atoms with Crippen molar-refractivity contribution >= 4 is 35.1 Å². The lowest BCUT2D eigenvalue weighted by atomic mass is 10.3. The van der Waals surface area contributed by atoms with Gasteiger partial charge in [0, 0.05) is 12.1 Å². The minimum Gasteiger partial charge on any atom is -0.383 e. The monoisotopic (exact) mass is 308 g/mol. The average molecular weight is 308 g/mol. The summed E-state index contributed by atoms with van der Waals surface area (Å²) in [6.07, 6.45) is 0.589. The number of anilines is 3. The molecule has 112 valence electrons. The number of nitrogen functional groups attached to an aromatic ring is 2. The van der Waals surface area contributed by atoms with Crippen LogP contribution in [-0.4, -0.2) is 26.3 Å². The molecule has 2 aromatic rings. The van der Waals surface area contributed by atoms with Crippen molar-refractivity contribution in [1.29, 1.82) is 0 Å². The average Bonchev–Trinajstić information content (AvgIpc) is 2.80. The molecular formula is C12H16N6O2S. The van der Waals surface area contributed by atoms with Crippen LogP contribution in [0.4, 0.5) is 17.5 Å². The van der Waals surface area contributed by atoms with Gasteiger partial charge in [-0.3, -0.25) is 4.79 Å². The van der Waals surface area contributed by atoms with Crippen LogP contribution in [0.25, 0.3) is 0 Å². The Kier molecular flexibility index (Phi) is 4.63. The van der Waals surface area contributed by atoms with E-state index >= 15 is 0 Å². The van der Waals surface area contributed by atoms with Crippen molar-refractivity contribution in [3.8, 4) is 0 Å². The highest BCUT2D eigenvalue weighted by atomic mass is 32.2. The molecule has 0 unspecified atom stereocenters. The molecule has 8 nitrogen and oxygen atoms in total.